The number of likely N-dealkylation sites (N-methyl/N-ethyl adjacent to an activating group) is 1. The van der Waals surface area contributed by atoms with Crippen molar-refractivity contribution in [2.24, 2.45) is 5.92 Å². The zero-order valence-electron chi connectivity index (χ0n) is 13.6. The van der Waals surface area contributed by atoms with E-state index in [1.54, 1.807) is 4.90 Å². The summed E-state index contributed by atoms with van der Waals surface area (Å²) in [6.07, 6.45) is 0.790. The van der Waals surface area contributed by atoms with Gasteiger partial charge in [0, 0.05) is 26.1 Å². The van der Waals surface area contributed by atoms with Crippen LogP contribution in [0.4, 0.5) is 0 Å². The van der Waals surface area contributed by atoms with E-state index in [0.29, 0.717) is 25.4 Å². The van der Waals surface area contributed by atoms with Crippen LogP contribution in [0.15, 0.2) is 0 Å². The lowest BCUT2D eigenvalue weighted by Gasteiger charge is -2.27. The van der Waals surface area contributed by atoms with Crippen molar-refractivity contribution in [1.82, 2.24) is 9.80 Å². The van der Waals surface area contributed by atoms with Gasteiger partial charge in [0.25, 0.3) is 0 Å². The van der Waals surface area contributed by atoms with Crippen molar-refractivity contribution in [2.75, 3.05) is 39.8 Å². The maximum atomic E-state index is 12.2. The van der Waals surface area contributed by atoms with E-state index in [-0.39, 0.29) is 18.3 Å². The summed E-state index contributed by atoms with van der Waals surface area (Å²) in [5.41, 5.74) is 0. The highest BCUT2D eigenvalue weighted by molar-refractivity contribution is 5.77. The summed E-state index contributed by atoms with van der Waals surface area (Å²) in [7, 11) is 1.37. The number of amides is 1. The van der Waals surface area contributed by atoms with Gasteiger partial charge in [-0.05, 0) is 19.0 Å². The van der Waals surface area contributed by atoms with Crippen molar-refractivity contribution < 1.29 is 14.3 Å². The van der Waals surface area contributed by atoms with E-state index in [1.807, 2.05) is 13.8 Å². The minimum atomic E-state index is -0.268. The number of carbonyl (C=O) groups excluding carboxylic acids is 2. The number of nitrogens with zero attached hydrogens (tertiary/aromatic N) is 2. The quantitative estimate of drug-likeness (QED) is 0.574. The van der Waals surface area contributed by atoms with E-state index in [4.69, 9.17) is 0 Å². The highest BCUT2D eigenvalue weighted by Crippen LogP contribution is 2.06. The van der Waals surface area contributed by atoms with E-state index in [0.717, 1.165) is 19.6 Å². The molecule has 0 N–H and O–H groups in total. The molecule has 0 atom stereocenters. The predicted octanol–water partition coefficient (Wildman–Crippen LogP) is 1.77. The van der Waals surface area contributed by atoms with Crippen LogP contribution in [-0.4, -0.2) is 61.5 Å². The van der Waals surface area contributed by atoms with Gasteiger partial charge in [0.2, 0.25) is 5.91 Å². The highest BCUT2D eigenvalue weighted by atomic mass is 16.5. The van der Waals surface area contributed by atoms with Gasteiger partial charge in [0.05, 0.1) is 13.5 Å². The molecule has 0 heterocycles. The molecule has 0 aromatic heterocycles. The molecule has 0 saturated heterocycles. The van der Waals surface area contributed by atoms with E-state index in [2.05, 4.69) is 23.5 Å². The van der Waals surface area contributed by atoms with Gasteiger partial charge in [-0.15, -0.1) is 0 Å². The molecule has 0 unspecified atom stereocenters. The molecule has 118 valence electrons. The summed E-state index contributed by atoms with van der Waals surface area (Å²) in [5, 5.41) is 0. The minimum absolute atomic E-state index is 0.121. The first-order valence-corrected chi connectivity index (χ1v) is 7.51. The molecule has 0 radical (unpaired) electrons. The molecule has 0 aliphatic heterocycles. The third kappa shape index (κ3) is 8.15. The number of hydrogen-bond acceptors (Lipinski definition) is 4. The molecule has 0 aliphatic rings. The largest absolute Gasteiger partial charge is 0.469 e. The second-order valence-electron chi connectivity index (χ2n) is 5.33. The SMILES string of the molecule is CCN(CC)CCN(CCC(=O)OC)C(=O)CC(C)C. The Balaban J connectivity index is 4.44. The maximum Gasteiger partial charge on any atom is 0.307 e. The maximum absolute atomic E-state index is 12.2. The van der Waals surface area contributed by atoms with Crippen LogP contribution >= 0.6 is 0 Å². The fourth-order valence-electron chi connectivity index (χ4n) is 1.97. The van der Waals surface area contributed by atoms with Gasteiger partial charge in [-0.2, -0.15) is 0 Å². The summed E-state index contributed by atoms with van der Waals surface area (Å²) < 4.78 is 4.64. The van der Waals surface area contributed by atoms with Crippen molar-refractivity contribution >= 4 is 11.9 Å². The lowest BCUT2D eigenvalue weighted by atomic mass is 10.1. The Hall–Kier alpha value is -1.10. The van der Waals surface area contributed by atoms with Gasteiger partial charge in [0.1, 0.15) is 0 Å². The molecule has 1 amide bonds. The van der Waals surface area contributed by atoms with E-state index in [9.17, 15) is 9.59 Å². The molecule has 0 saturated carbocycles. The van der Waals surface area contributed by atoms with Crippen LogP contribution in [0.5, 0.6) is 0 Å². The average Bonchev–Trinajstić information content (AvgIpc) is 2.41. The van der Waals surface area contributed by atoms with Crippen LogP contribution in [0, 0.1) is 5.92 Å². The molecular formula is C15H30N2O3. The van der Waals surface area contributed by atoms with Gasteiger partial charge < -0.3 is 14.5 Å². The van der Waals surface area contributed by atoms with Crippen LogP contribution in [0.2, 0.25) is 0 Å². The first kappa shape index (κ1) is 18.9. The molecular weight excluding hydrogens is 256 g/mol. The van der Waals surface area contributed by atoms with Crippen molar-refractivity contribution in [1.29, 1.82) is 0 Å². The van der Waals surface area contributed by atoms with Gasteiger partial charge in [-0.25, -0.2) is 0 Å². The Bertz CT molecular complexity index is 289. The second-order valence-corrected chi connectivity index (χ2v) is 5.33. The van der Waals surface area contributed by atoms with Crippen molar-refractivity contribution in [3.05, 3.63) is 0 Å². The average molecular weight is 286 g/mol. The van der Waals surface area contributed by atoms with Crippen LogP contribution in [0.3, 0.4) is 0 Å². The fourth-order valence-corrected chi connectivity index (χ4v) is 1.97. The normalized spacial score (nSPS) is 10.9. The van der Waals surface area contributed by atoms with Gasteiger partial charge in [-0.3, -0.25) is 9.59 Å². The molecule has 0 fully saturated rings. The number of esters is 1. The lowest BCUT2D eigenvalue weighted by Crippen LogP contribution is -2.40. The van der Waals surface area contributed by atoms with Gasteiger partial charge >= 0.3 is 5.97 Å². The van der Waals surface area contributed by atoms with Crippen LogP contribution in [0.1, 0.15) is 40.5 Å². The van der Waals surface area contributed by atoms with Crippen molar-refractivity contribution in [2.45, 2.75) is 40.5 Å². The second kappa shape index (κ2) is 10.7. The molecule has 0 aromatic carbocycles. The topological polar surface area (TPSA) is 49.9 Å². The number of carbonyl (C=O) groups is 2. The Morgan fingerprint density at radius 1 is 1.05 bits per heavy atom. The highest BCUT2D eigenvalue weighted by Gasteiger charge is 2.17. The summed E-state index contributed by atoms with van der Waals surface area (Å²) in [6.45, 7) is 12.2. The molecule has 0 aliphatic carbocycles. The van der Waals surface area contributed by atoms with Crippen LogP contribution < -0.4 is 0 Å². The number of methoxy groups -OCH3 is 1. The summed E-state index contributed by atoms with van der Waals surface area (Å²) in [4.78, 5) is 27.5. The molecule has 5 heteroatoms. The number of ether oxygens (including phenoxy) is 1. The third-order valence-corrected chi connectivity index (χ3v) is 3.33. The zero-order chi connectivity index (χ0) is 15.5. The van der Waals surface area contributed by atoms with Crippen molar-refractivity contribution in [3.63, 3.8) is 0 Å². The Morgan fingerprint density at radius 3 is 2.10 bits per heavy atom. The van der Waals surface area contributed by atoms with Gasteiger partial charge in [0.15, 0.2) is 0 Å². The Morgan fingerprint density at radius 2 is 1.65 bits per heavy atom. The summed E-state index contributed by atoms with van der Waals surface area (Å²) >= 11 is 0. The van der Waals surface area contributed by atoms with Crippen LogP contribution in [0.25, 0.3) is 0 Å². The number of hydrogen-bond donors (Lipinski definition) is 0. The third-order valence-electron chi connectivity index (χ3n) is 3.33. The van der Waals surface area contributed by atoms with Gasteiger partial charge in [-0.1, -0.05) is 27.7 Å². The Labute approximate surface area is 123 Å². The molecule has 0 spiro atoms. The first-order chi connectivity index (χ1) is 9.44. The fraction of sp³-hybridized carbons (Fsp3) is 0.867. The predicted molar refractivity (Wildman–Crippen MR) is 80.5 cm³/mol. The Kier molecular flexibility index (Phi) is 10.1. The summed E-state index contributed by atoms with van der Waals surface area (Å²) in [6, 6.07) is 0. The molecule has 0 aromatic rings. The molecule has 0 rings (SSSR count). The number of rotatable bonds is 10. The molecule has 20 heavy (non-hydrogen) atoms. The van der Waals surface area contributed by atoms with E-state index >= 15 is 0 Å². The first-order valence-electron chi connectivity index (χ1n) is 7.51. The van der Waals surface area contributed by atoms with E-state index in [1.165, 1.54) is 7.11 Å². The minimum Gasteiger partial charge on any atom is -0.469 e. The summed E-state index contributed by atoms with van der Waals surface area (Å²) in [5.74, 6) is 0.183. The zero-order valence-corrected chi connectivity index (χ0v) is 13.6. The smallest absolute Gasteiger partial charge is 0.307 e. The standard InChI is InChI=1S/C15H30N2O3/c1-6-16(7-2)10-11-17(9-8-15(19)20-5)14(18)12-13(3)4/h13H,6-12H2,1-5H3. The molecule has 0 bridgehead atoms. The monoisotopic (exact) mass is 286 g/mol. The van der Waals surface area contributed by atoms with Crippen molar-refractivity contribution in [3.8, 4) is 0 Å². The van der Waals surface area contributed by atoms with E-state index < -0.39 is 0 Å². The lowest BCUT2D eigenvalue weighted by molar-refractivity contribution is -0.141. The molecule has 5 nitrogen and oxygen atoms in total. The van der Waals surface area contributed by atoms with Crippen LogP contribution in [-0.2, 0) is 14.3 Å².